The second-order valence-corrected chi connectivity index (χ2v) is 3.83. The van der Waals surface area contributed by atoms with Gasteiger partial charge >= 0.3 is 5.97 Å². The third kappa shape index (κ3) is 2.70. The van der Waals surface area contributed by atoms with Crippen molar-refractivity contribution in [2.24, 2.45) is 0 Å². The summed E-state index contributed by atoms with van der Waals surface area (Å²) in [7, 11) is 0. The highest BCUT2D eigenvalue weighted by atomic mass is 79.9. The first kappa shape index (κ1) is 12.9. The van der Waals surface area contributed by atoms with Crippen molar-refractivity contribution in [3.63, 3.8) is 0 Å². The zero-order valence-corrected chi connectivity index (χ0v) is 9.99. The van der Waals surface area contributed by atoms with Crippen LogP contribution in [0, 0.1) is 5.82 Å². The molecule has 0 bridgehead atoms. The zero-order valence-electron chi connectivity index (χ0n) is 8.41. The molecule has 1 aromatic carbocycles. The third-order valence-electron chi connectivity index (χ3n) is 1.87. The molecule has 1 atom stereocenters. The minimum atomic E-state index is -1.70. The summed E-state index contributed by atoms with van der Waals surface area (Å²) < 4.78 is 18.1. The van der Waals surface area contributed by atoms with Gasteiger partial charge in [0.05, 0.1) is 11.1 Å². The molecule has 0 aliphatic heterocycles. The molecule has 0 amide bonds. The maximum atomic E-state index is 13.3. The minimum absolute atomic E-state index is 0.0940. The van der Waals surface area contributed by atoms with Gasteiger partial charge < -0.3 is 14.9 Å². The number of hydrogen-bond donors (Lipinski definition) is 2. The van der Waals surface area contributed by atoms with E-state index in [2.05, 4.69) is 20.7 Å². The zero-order chi connectivity index (χ0) is 12.3. The molecular weight excluding hydrogens is 283 g/mol. The van der Waals surface area contributed by atoms with E-state index >= 15 is 0 Å². The number of aliphatic hydroxyl groups excluding tert-OH is 1. The van der Waals surface area contributed by atoms with Crippen molar-refractivity contribution in [1.29, 1.82) is 0 Å². The predicted octanol–water partition coefficient (Wildman–Crippen LogP) is 1.89. The molecule has 6 heteroatoms. The number of ether oxygens (including phenoxy) is 1. The third-order valence-corrected chi connectivity index (χ3v) is 2.51. The molecule has 4 nitrogen and oxygen atoms in total. The molecule has 0 aliphatic carbocycles. The lowest BCUT2D eigenvalue weighted by Gasteiger charge is -2.11. The van der Waals surface area contributed by atoms with Crippen molar-refractivity contribution in [2.75, 3.05) is 6.61 Å². The molecule has 0 saturated heterocycles. The number of benzene rings is 1. The first-order valence-corrected chi connectivity index (χ1v) is 5.29. The highest BCUT2D eigenvalue weighted by Gasteiger charge is 2.23. The summed E-state index contributed by atoms with van der Waals surface area (Å²) in [6.45, 7) is 1.67. The molecule has 88 valence electrons. The van der Waals surface area contributed by atoms with E-state index in [0.29, 0.717) is 0 Å². The number of carbonyl (C=O) groups excluding carboxylic acids is 1. The van der Waals surface area contributed by atoms with Crippen LogP contribution < -0.4 is 0 Å². The van der Waals surface area contributed by atoms with Crippen molar-refractivity contribution < 1.29 is 24.1 Å². The van der Waals surface area contributed by atoms with Crippen LogP contribution in [0.25, 0.3) is 0 Å². The number of esters is 1. The van der Waals surface area contributed by atoms with Gasteiger partial charge in [-0.1, -0.05) is 0 Å². The Morgan fingerprint density at radius 3 is 2.81 bits per heavy atom. The van der Waals surface area contributed by atoms with E-state index in [9.17, 15) is 14.3 Å². The van der Waals surface area contributed by atoms with Gasteiger partial charge in [0.25, 0.3) is 0 Å². The first-order chi connectivity index (χ1) is 7.47. The summed E-state index contributed by atoms with van der Waals surface area (Å²) in [6.07, 6.45) is -1.70. The average Bonchev–Trinajstić information content (AvgIpc) is 2.23. The monoisotopic (exact) mass is 292 g/mol. The number of phenolic OH excluding ortho intramolecular Hbond substituents is 1. The average molecular weight is 293 g/mol. The van der Waals surface area contributed by atoms with E-state index in [1.165, 1.54) is 0 Å². The summed E-state index contributed by atoms with van der Waals surface area (Å²) in [4.78, 5) is 11.2. The topological polar surface area (TPSA) is 66.8 Å². The van der Waals surface area contributed by atoms with Crippen LogP contribution >= 0.6 is 15.9 Å². The predicted molar refractivity (Wildman–Crippen MR) is 57.4 cm³/mol. The summed E-state index contributed by atoms with van der Waals surface area (Å²) >= 11 is 2.96. The fourth-order valence-electron chi connectivity index (χ4n) is 1.11. The Hall–Kier alpha value is -1.14. The Balaban J connectivity index is 3.04. The number of hydrogen-bond acceptors (Lipinski definition) is 4. The van der Waals surface area contributed by atoms with Gasteiger partial charge in [0, 0.05) is 11.6 Å². The van der Waals surface area contributed by atoms with Crippen LogP contribution in [-0.2, 0) is 9.53 Å². The quantitative estimate of drug-likeness (QED) is 0.835. The largest absolute Gasteiger partial charge is 0.507 e. The standard InChI is InChI=1S/C10H10BrFO4/c1-2-16-10(15)9(14)5-3-6(11)8(13)4-7(5)12/h3-4,9,13-14H,2H2,1H3. The number of rotatable bonds is 3. The Morgan fingerprint density at radius 2 is 2.25 bits per heavy atom. The van der Waals surface area contributed by atoms with Crippen LogP contribution in [-0.4, -0.2) is 22.8 Å². The van der Waals surface area contributed by atoms with Gasteiger partial charge in [-0.3, -0.25) is 0 Å². The SMILES string of the molecule is CCOC(=O)C(O)c1cc(Br)c(O)cc1F. The van der Waals surface area contributed by atoms with Crippen LogP contribution in [0.1, 0.15) is 18.6 Å². The van der Waals surface area contributed by atoms with Crippen LogP contribution in [0.3, 0.4) is 0 Å². The van der Waals surface area contributed by atoms with Crippen molar-refractivity contribution in [3.8, 4) is 5.75 Å². The lowest BCUT2D eigenvalue weighted by atomic mass is 10.1. The molecular formula is C10H10BrFO4. The maximum Gasteiger partial charge on any atom is 0.339 e. The summed E-state index contributed by atoms with van der Waals surface area (Å²) in [6, 6.07) is 1.94. The fraction of sp³-hybridized carbons (Fsp3) is 0.300. The molecule has 0 saturated carbocycles. The Kier molecular flexibility index (Phi) is 4.26. The van der Waals surface area contributed by atoms with Crippen molar-refractivity contribution in [3.05, 3.63) is 28.0 Å². The highest BCUT2D eigenvalue weighted by Crippen LogP contribution is 2.30. The lowest BCUT2D eigenvalue weighted by Crippen LogP contribution is -2.16. The molecule has 0 radical (unpaired) electrons. The number of carbonyl (C=O) groups is 1. The molecule has 0 aliphatic rings. The number of aliphatic hydroxyl groups is 1. The maximum absolute atomic E-state index is 13.3. The summed E-state index contributed by atoms with van der Waals surface area (Å²) in [5.41, 5.74) is -0.247. The molecule has 0 spiro atoms. The number of halogens is 2. The summed E-state index contributed by atoms with van der Waals surface area (Å²) in [5, 5.41) is 18.7. The second kappa shape index (κ2) is 5.27. The van der Waals surface area contributed by atoms with Crippen molar-refractivity contribution >= 4 is 21.9 Å². The van der Waals surface area contributed by atoms with Crippen LogP contribution in [0.5, 0.6) is 5.75 Å². The van der Waals surface area contributed by atoms with Crippen LogP contribution in [0.4, 0.5) is 4.39 Å². The molecule has 1 rings (SSSR count). The molecule has 0 heterocycles. The number of aromatic hydroxyl groups is 1. The van der Waals surface area contributed by atoms with Gasteiger partial charge in [-0.05, 0) is 28.9 Å². The van der Waals surface area contributed by atoms with Crippen molar-refractivity contribution in [1.82, 2.24) is 0 Å². The first-order valence-electron chi connectivity index (χ1n) is 4.50. The second-order valence-electron chi connectivity index (χ2n) is 2.98. The normalized spacial score (nSPS) is 12.2. The van der Waals surface area contributed by atoms with E-state index < -0.39 is 17.9 Å². The Labute approximate surface area is 99.8 Å². The smallest absolute Gasteiger partial charge is 0.339 e. The van der Waals surface area contributed by atoms with Crippen molar-refractivity contribution in [2.45, 2.75) is 13.0 Å². The van der Waals surface area contributed by atoms with E-state index in [-0.39, 0.29) is 22.4 Å². The molecule has 1 unspecified atom stereocenters. The van der Waals surface area contributed by atoms with Gasteiger partial charge in [-0.15, -0.1) is 0 Å². The molecule has 0 aromatic heterocycles. The van der Waals surface area contributed by atoms with Crippen LogP contribution in [0.15, 0.2) is 16.6 Å². The highest BCUT2D eigenvalue weighted by molar-refractivity contribution is 9.10. The molecule has 2 N–H and O–H groups in total. The molecule has 0 fully saturated rings. The van der Waals surface area contributed by atoms with E-state index in [1.807, 2.05) is 0 Å². The Bertz CT molecular complexity index is 408. The van der Waals surface area contributed by atoms with E-state index in [4.69, 9.17) is 5.11 Å². The van der Waals surface area contributed by atoms with Gasteiger partial charge in [0.2, 0.25) is 0 Å². The van der Waals surface area contributed by atoms with Gasteiger partial charge in [0.1, 0.15) is 11.6 Å². The summed E-state index contributed by atoms with van der Waals surface area (Å²) in [5.74, 6) is -2.11. The minimum Gasteiger partial charge on any atom is -0.507 e. The number of phenols is 1. The van der Waals surface area contributed by atoms with Gasteiger partial charge in [-0.25, -0.2) is 9.18 Å². The van der Waals surface area contributed by atoms with E-state index in [0.717, 1.165) is 12.1 Å². The molecule has 1 aromatic rings. The fourth-order valence-corrected chi connectivity index (χ4v) is 1.47. The van der Waals surface area contributed by atoms with Gasteiger partial charge in [-0.2, -0.15) is 0 Å². The lowest BCUT2D eigenvalue weighted by molar-refractivity contribution is -0.153. The van der Waals surface area contributed by atoms with E-state index in [1.54, 1.807) is 6.92 Å². The molecule has 16 heavy (non-hydrogen) atoms. The van der Waals surface area contributed by atoms with Gasteiger partial charge in [0.15, 0.2) is 6.10 Å². The Morgan fingerprint density at radius 1 is 1.62 bits per heavy atom. The van der Waals surface area contributed by atoms with Crippen LogP contribution in [0.2, 0.25) is 0 Å².